The second kappa shape index (κ2) is 5.59. The van der Waals surface area contributed by atoms with Crippen molar-refractivity contribution < 1.29 is 4.79 Å². The molecule has 1 unspecified atom stereocenters. The molecule has 1 aliphatic heterocycles. The second-order valence-electron chi connectivity index (χ2n) is 4.42. The van der Waals surface area contributed by atoms with Crippen molar-refractivity contribution in [2.24, 2.45) is 10.9 Å². The highest BCUT2D eigenvalue weighted by Gasteiger charge is 2.31. The molecule has 2 rings (SSSR count). The number of aliphatic imine (C=N–C) groups is 1. The average Bonchev–Trinajstić information content (AvgIpc) is 2.80. The molecule has 0 aromatic carbocycles. The van der Waals surface area contributed by atoms with Crippen LogP contribution in [0.25, 0.3) is 0 Å². The predicted octanol–water partition coefficient (Wildman–Crippen LogP) is 2.94. The maximum absolute atomic E-state index is 11.8. The van der Waals surface area contributed by atoms with Gasteiger partial charge in [-0.15, -0.1) is 11.3 Å². The highest BCUT2D eigenvalue weighted by Crippen LogP contribution is 2.35. The lowest BCUT2D eigenvalue weighted by Crippen LogP contribution is -2.26. The molecule has 7 heteroatoms. The first-order valence-corrected chi connectivity index (χ1v) is 7.52. The fourth-order valence-corrected chi connectivity index (χ4v) is 3.28. The van der Waals surface area contributed by atoms with Crippen LogP contribution < -0.4 is 10.6 Å². The SMILES string of the molecule is CC(C)CN=C1NC(=O)C(c2cc(Br)c(Cl)s2)N1. The molecule has 0 radical (unpaired) electrons. The molecule has 0 bridgehead atoms. The van der Waals surface area contributed by atoms with E-state index in [0.29, 0.717) is 22.8 Å². The summed E-state index contributed by atoms with van der Waals surface area (Å²) >= 11 is 10.7. The largest absolute Gasteiger partial charge is 0.340 e. The van der Waals surface area contributed by atoms with Crippen molar-refractivity contribution in [1.82, 2.24) is 10.6 Å². The fourth-order valence-electron chi connectivity index (χ4n) is 1.49. The van der Waals surface area contributed by atoms with Crippen LogP contribution in [0.3, 0.4) is 0 Å². The summed E-state index contributed by atoms with van der Waals surface area (Å²) in [7, 11) is 0. The lowest BCUT2D eigenvalue weighted by Gasteiger charge is -2.04. The summed E-state index contributed by atoms with van der Waals surface area (Å²) < 4.78 is 1.46. The first-order valence-electron chi connectivity index (χ1n) is 5.54. The van der Waals surface area contributed by atoms with Crippen molar-refractivity contribution >= 4 is 50.7 Å². The van der Waals surface area contributed by atoms with Gasteiger partial charge in [0, 0.05) is 15.9 Å². The second-order valence-corrected chi connectivity index (χ2v) is 6.96. The van der Waals surface area contributed by atoms with Gasteiger partial charge in [0.05, 0.1) is 0 Å². The number of carbonyl (C=O) groups excluding carboxylic acids is 1. The Morgan fingerprint density at radius 2 is 2.33 bits per heavy atom. The lowest BCUT2D eigenvalue weighted by atomic mass is 10.2. The summed E-state index contributed by atoms with van der Waals surface area (Å²) in [6.45, 7) is 4.84. The summed E-state index contributed by atoms with van der Waals surface area (Å²) in [5.74, 6) is 0.905. The molecule has 1 amide bonds. The molecule has 1 aromatic rings. The molecule has 2 heterocycles. The van der Waals surface area contributed by atoms with Gasteiger partial charge in [-0.25, -0.2) is 0 Å². The highest BCUT2D eigenvalue weighted by molar-refractivity contribution is 9.10. The van der Waals surface area contributed by atoms with Crippen LogP contribution in [0.2, 0.25) is 4.34 Å². The van der Waals surface area contributed by atoms with E-state index >= 15 is 0 Å². The zero-order valence-electron chi connectivity index (χ0n) is 9.96. The molecule has 1 aromatic heterocycles. The monoisotopic (exact) mass is 349 g/mol. The van der Waals surface area contributed by atoms with Gasteiger partial charge in [0.15, 0.2) is 5.96 Å². The van der Waals surface area contributed by atoms with E-state index in [9.17, 15) is 4.79 Å². The van der Waals surface area contributed by atoms with Crippen molar-refractivity contribution in [2.75, 3.05) is 6.54 Å². The Morgan fingerprint density at radius 3 is 2.89 bits per heavy atom. The van der Waals surface area contributed by atoms with Gasteiger partial charge >= 0.3 is 0 Å². The van der Waals surface area contributed by atoms with E-state index in [2.05, 4.69) is 45.4 Å². The summed E-state index contributed by atoms with van der Waals surface area (Å²) in [5.41, 5.74) is 0. The van der Waals surface area contributed by atoms with Crippen LogP contribution in [0.5, 0.6) is 0 Å². The van der Waals surface area contributed by atoms with Gasteiger partial charge in [0.25, 0.3) is 5.91 Å². The number of carbonyl (C=O) groups is 1. The maximum Gasteiger partial charge on any atom is 0.254 e. The number of hydrogen-bond donors (Lipinski definition) is 2. The van der Waals surface area contributed by atoms with E-state index < -0.39 is 6.04 Å². The standard InChI is InChI=1S/C11H13BrClN3OS/c1-5(2)4-14-11-15-8(10(17)16-11)7-3-6(12)9(13)18-7/h3,5,8H,4H2,1-2H3,(H2,14,15,16,17). The first kappa shape index (κ1) is 13.8. The third-order valence-corrected chi connectivity index (χ3v) is 4.89. The molecule has 98 valence electrons. The fraction of sp³-hybridized carbons (Fsp3) is 0.455. The Labute approximate surface area is 123 Å². The van der Waals surface area contributed by atoms with Gasteiger partial charge < -0.3 is 5.32 Å². The Balaban J connectivity index is 2.12. The molecule has 0 saturated carbocycles. The van der Waals surface area contributed by atoms with Gasteiger partial charge in [-0.2, -0.15) is 0 Å². The lowest BCUT2D eigenvalue weighted by molar-refractivity contribution is -0.120. The van der Waals surface area contributed by atoms with Crippen LogP contribution in [-0.2, 0) is 4.79 Å². The van der Waals surface area contributed by atoms with Crippen LogP contribution in [0.15, 0.2) is 15.5 Å². The van der Waals surface area contributed by atoms with Crippen molar-refractivity contribution in [3.05, 3.63) is 19.8 Å². The molecule has 1 fully saturated rings. The van der Waals surface area contributed by atoms with E-state index in [1.54, 1.807) is 0 Å². The number of amides is 1. The zero-order valence-corrected chi connectivity index (χ0v) is 13.1. The van der Waals surface area contributed by atoms with Crippen LogP contribution in [0, 0.1) is 5.92 Å². The third kappa shape index (κ3) is 3.05. The molecule has 1 aliphatic rings. The Kier molecular flexibility index (Phi) is 4.29. The highest BCUT2D eigenvalue weighted by atomic mass is 79.9. The Hall–Kier alpha value is -0.590. The molecule has 2 N–H and O–H groups in total. The number of halogens is 2. The van der Waals surface area contributed by atoms with Gasteiger partial charge in [-0.1, -0.05) is 25.4 Å². The quantitative estimate of drug-likeness (QED) is 0.880. The van der Waals surface area contributed by atoms with Crippen molar-refractivity contribution in [3.63, 3.8) is 0 Å². The molecule has 0 aliphatic carbocycles. The number of rotatable bonds is 3. The molecule has 1 atom stereocenters. The van der Waals surface area contributed by atoms with Crippen molar-refractivity contribution in [1.29, 1.82) is 0 Å². The summed E-state index contributed by atoms with van der Waals surface area (Å²) in [6, 6.07) is 1.46. The normalized spacial score (nSPS) is 21.5. The number of hydrogen-bond acceptors (Lipinski definition) is 3. The average molecular weight is 351 g/mol. The van der Waals surface area contributed by atoms with E-state index in [1.807, 2.05) is 6.07 Å². The number of nitrogens with zero attached hydrogens (tertiary/aromatic N) is 1. The van der Waals surface area contributed by atoms with Gasteiger partial charge in [-0.05, 0) is 27.9 Å². The third-order valence-electron chi connectivity index (χ3n) is 2.35. The smallest absolute Gasteiger partial charge is 0.254 e. The minimum Gasteiger partial charge on any atom is -0.340 e. The molecule has 0 spiro atoms. The van der Waals surface area contributed by atoms with Crippen molar-refractivity contribution in [3.8, 4) is 0 Å². The van der Waals surface area contributed by atoms with Gasteiger partial charge in [-0.3, -0.25) is 15.1 Å². The van der Waals surface area contributed by atoms with Gasteiger partial charge in [0.1, 0.15) is 10.4 Å². The zero-order chi connectivity index (χ0) is 13.3. The molecule has 1 saturated heterocycles. The minimum atomic E-state index is -0.398. The molecular formula is C11H13BrClN3OS. The first-order chi connectivity index (χ1) is 8.47. The van der Waals surface area contributed by atoms with E-state index in [1.165, 1.54) is 11.3 Å². The Bertz CT molecular complexity index is 481. The number of guanidine groups is 1. The topological polar surface area (TPSA) is 53.5 Å². The maximum atomic E-state index is 11.8. The van der Waals surface area contributed by atoms with Crippen molar-refractivity contribution in [2.45, 2.75) is 19.9 Å². The summed E-state index contributed by atoms with van der Waals surface area (Å²) in [6.07, 6.45) is 0. The van der Waals surface area contributed by atoms with Crippen LogP contribution >= 0.6 is 38.9 Å². The number of nitrogens with one attached hydrogen (secondary N) is 2. The molecular weight excluding hydrogens is 338 g/mol. The number of thiophene rings is 1. The van der Waals surface area contributed by atoms with Crippen LogP contribution in [0.1, 0.15) is 24.8 Å². The molecule has 18 heavy (non-hydrogen) atoms. The van der Waals surface area contributed by atoms with E-state index in [0.717, 1.165) is 9.35 Å². The van der Waals surface area contributed by atoms with E-state index in [-0.39, 0.29) is 5.91 Å². The van der Waals surface area contributed by atoms with Crippen LogP contribution in [-0.4, -0.2) is 18.4 Å². The Morgan fingerprint density at radius 1 is 1.61 bits per heavy atom. The predicted molar refractivity (Wildman–Crippen MR) is 78.2 cm³/mol. The minimum absolute atomic E-state index is 0.0945. The summed E-state index contributed by atoms with van der Waals surface area (Å²) in [4.78, 5) is 17.0. The summed E-state index contributed by atoms with van der Waals surface area (Å²) in [5, 5.41) is 5.81. The van der Waals surface area contributed by atoms with Crippen LogP contribution in [0.4, 0.5) is 0 Å². The van der Waals surface area contributed by atoms with E-state index in [4.69, 9.17) is 11.6 Å². The van der Waals surface area contributed by atoms with Gasteiger partial charge in [0.2, 0.25) is 0 Å². The molecule has 4 nitrogen and oxygen atoms in total.